The van der Waals surface area contributed by atoms with Gasteiger partial charge in [-0.2, -0.15) is 0 Å². The van der Waals surface area contributed by atoms with Gasteiger partial charge in [-0.05, 0) is 53.6 Å². The Hall–Kier alpha value is -4.08. The predicted molar refractivity (Wildman–Crippen MR) is 144 cm³/mol. The van der Waals surface area contributed by atoms with Gasteiger partial charge in [0.25, 0.3) is 5.91 Å². The first-order valence-electron chi connectivity index (χ1n) is 13.3. The van der Waals surface area contributed by atoms with E-state index in [4.69, 9.17) is 9.47 Å². The van der Waals surface area contributed by atoms with Crippen molar-refractivity contribution in [2.24, 2.45) is 5.92 Å². The van der Waals surface area contributed by atoms with Crippen LogP contribution in [0.25, 0.3) is 0 Å². The van der Waals surface area contributed by atoms with E-state index < -0.39 is 11.5 Å². The third-order valence-electron chi connectivity index (χ3n) is 7.86. The van der Waals surface area contributed by atoms with E-state index in [1.54, 1.807) is 48.5 Å². The quantitative estimate of drug-likeness (QED) is 0.417. The summed E-state index contributed by atoms with van der Waals surface area (Å²) >= 11 is 0. The second-order valence-corrected chi connectivity index (χ2v) is 10.4. The summed E-state index contributed by atoms with van der Waals surface area (Å²) in [5.74, 6) is -1.24. The normalized spacial score (nSPS) is 23.5. The third kappa shape index (κ3) is 4.76. The lowest BCUT2D eigenvalue weighted by molar-refractivity contribution is -0.137. The Morgan fingerprint density at radius 1 is 1.12 bits per heavy atom. The van der Waals surface area contributed by atoms with E-state index in [0.29, 0.717) is 43.3 Å². The number of ketones is 1. The number of carbonyl (C=O) groups is 2. The molecule has 3 aromatic rings. The van der Waals surface area contributed by atoms with Gasteiger partial charge in [-0.15, -0.1) is 0 Å². The zero-order chi connectivity index (χ0) is 27.9. The molecule has 3 atom stereocenters. The number of ether oxygens (including phenoxy) is 2. The molecule has 7 nitrogen and oxygen atoms in total. The molecule has 2 fully saturated rings. The molecule has 1 aliphatic carbocycles. The number of carbonyl (C=O) groups excluding carboxylic acids is 2. The number of nitrogens with zero attached hydrogens (tertiary/aromatic N) is 1. The molecule has 3 unspecified atom stereocenters. The monoisotopic (exact) mass is 545 g/mol. The number of hydrazine groups is 1. The predicted octanol–water partition coefficient (Wildman–Crippen LogP) is 4.00. The van der Waals surface area contributed by atoms with Crippen LogP contribution in [0.1, 0.15) is 33.8 Å². The van der Waals surface area contributed by atoms with Gasteiger partial charge in [-0.25, -0.2) is 13.8 Å². The van der Waals surface area contributed by atoms with E-state index in [0.717, 1.165) is 11.1 Å². The van der Waals surface area contributed by atoms with E-state index in [1.165, 1.54) is 24.3 Å². The third-order valence-corrected chi connectivity index (χ3v) is 7.86. The summed E-state index contributed by atoms with van der Waals surface area (Å²) < 4.78 is 39.3. The first kappa shape index (κ1) is 26.2. The largest absolute Gasteiger partial charge is 0.490 e. The second-order valence-electron chi connectivity index (χ2n) is 10.4. The number of amides is 1. The topological polar surface area (TPSA) is 79.9 Å². The lowest BCUT2D eigenvalue weighted by atomic mass is 9.84. The van der Waals surface area contributed by atoms with Gasteiger partial charge in [0.1, 0.15) is 29.7 Å². The lowest BCUT2D eigenvalue weighted by Gasteiger charge is -2.41. The maximum Gasteiger partial charge on any atom is 0.279 e. The van der Waals surface area contributed by atoms with Crippen molar-refractivity contribution in [2.45, 2.75) is 24.0 Å². The van der Waals surface area contributed by atoms with Gasteiger partial charge in [-0.1, -0.05) is 36.9 Å². The Morgan fingerprint density at radius 2 is 1.80 bits per heavy atom. The SMILES string of the molecule is C=CCOc1ccc2c(c1)C(=O)C1CC1(C(=O)NN1CCNCC1C(c1ccc(F)cc1)c1ccc(F)cc1)O2. The van der Waals surface area contributed by atoms with Crippen LogP contribution >= 0.6 is 0 Å². The number of fused-ring (bicyclic) bond motifs is 2. The molecule has 6 rings (SSSR count). The average Bonchev–Trinajstić information content (AvgIpc) is 3.71. The van der Waals surface area contributed by atoms with Crippen LogP contribution in [0.5, 0.6) is 11.5 Å². The van der Waals surface area contributed by atoms with Crippen LogP contribution < -0.4 is 20.2 Å². The Bertz CT molecular complexity index is 1400. The van der Waals surface area contributed by atoms with Gasteiger partial charge in [0.15, 0.2) is 11.4 Å². The summed E-state index contributed by atoms with van der Waals surface area (Å²) in [6.45, 7) is 5.58. The summed E-state index contributed by atoms with van der Waals surface area (Å²) in [6.07, 6.45) is 1.90. The number of hydrogen-bond donors (Lipinski definition) is 2. The first-order chi connectivity index (χ1) is 19.4. The highest BCUT2D eigenvalue weighted by molar-refractivity contribution is 6.10. The zero-order valence-corrected chi connectivity index (χ0v) is 21.7. The Balaban J connectivity index is 1.26. The van der Waals surface area contributed by atoms with Gasteiger partial charge >= 0.3 is 0 Å². The van der Waals surface area contributed by atoms with Crippen molar-refractivity contribution in [1.82, 2.24) is 15.8 Å². The zero-order valence-electron chi connectivity index (χ0n) is 21.7. The highest BCUT2D eigenvalue weighted by atomic mass is 19.1. The van der Waals surface area contributed by atoms with Gasteiger partial charge in [0.2, 0.25) is 0 Å². The highest BCUT2D eigenvalue weighted by Crippen LogP contribution is 2.54. The smallest absolute Gasteiger partial charge is 0.279 e. The average molecular weight is 546 g/mol. The van der Waals surface area contributed by atoms with Crippen molar-refractivity contribution in [2.75, 3.05) is 26.2 Å². The maximum atomic E-state index is 13.8. The molecule has 2 N–H and O–H groups in total. The van der Waals surface area contributed by atoms with Crippen molar-refractivity contribution >= 4 is 11.7 Å². The number of hydrogen-bond acceptors (Lipinski definition) is 6. The second kappa shape index (κ2) is 10.5. The first-order valence-corrected chi connectivity index (χ1v) is 13.3. The number of halogens is 2. The van der Waals surface area contributed by atoms with E-state index in [1.807, 2.05) is 5.01 Å². The minimum absolute atomic E-state index is 0.146. The molecular formula is C31H29F2N3O4. The van der Waals surface area contributed by atoms with Crippen LogP contribution in [0, 0.1) is 17.6 Å². The van der Waals surface area contributed by atoms with Gasteiger partial charge in [-0.3, -0.25) is 15.0 Å². The van der Waals surface area contributed by atoms with Gasteiger partial charge < -0.3 is 14.8 Å². The van der Waals surface area contributed by atoms with Crippen LogP contribution in [0.3, 0.4) is 0 Å². The van der Waals surface area contributed by atoms with E-state index in [-0.39, 0.29) is 41.7 Å². The molecule has 2 heterocycles. The number of nitrogens with one attached hydrogen (secondary N) is 2. The fraction of sp³-hybridized carbons (Fsp3) is 0.290. The van der Waals surface area contributed by atoms with Crippen LogP contribution in [-0.2, 0) is 4.79 Å². The Kier molecular flexibility index (Phi) is 6.85. The molecule has 206 valence electrons. The van der Waals surface area contributed by atoms with Crippen molar-refractivity contribution in [3.05, 3.63) is 108 Å². The molecule has 0 aromatic heterocycles. The van der Waals surface area contributed by atoms with E-state index in [9.17, 15) is 18.4 Å². The molecule has 1 amide bonds. The Morgan fingerprint density at radius 3 is 2.45 bits per heavy atom. The molecule has 3 aliphatic rings. The lowest BCUT2D eigenvalue weighted by Crippen LogP contribution is -2.62. The highest BCUT2D eigenvalue weighted by Gasteiger charge is 2.69. The summed E-state index contributed by atoms with van der Waals surface area (Å²) in [6, 6.07) is 17.1. The Labute approximate surface area is 230 Å². The number of benzene rings is 3. The maximum absolute atomic E-state index is 13.8. The molecule has 40 heavy (non-hydrogen) atoms. The van der Waals surface area contributed by atoms with Crippen molar-refractivity contribution in [3.63, 3.8) is 0 Å². The summed E-state index contributed by atoms with van der Waals surface area (Å²) in [5.41, 5.74) is 3.84. The van der Waals surface area contributed by atoms with Crippen molar-refractivity contribution in [3.8, 4) is 11.5 Å². The van der Waals surface area contributed by atoms with E-state index >= 15 is 0 Å². The molecule has 0 spiro atoms. The fourth-order valence-electron chi connectivity index (χ4n) is 5.74. The van der Waals surface area contributed by atoms with Crippen LogP contribution in [0.15, 0.2) is 79.4 Å². The molecule has 2 aliphatic heterocycles. The van der Waals surface area contributed by atoms with Crippen LogP contribution in [0.4, 0.5) is 8.78 Å². The van der Waals surface area contributed by atoms with Gasteiger partial charge in [0.05, 0.1) is 17.5 Å². The molecule has 3 aromatic carbocycles. The minimum atomic E-state index is -1.27. The molecular weight excluding hydrogens is 516 g/mol. The number of rotatable bonds is 8. The van der Waals surface area contributed by atoms with Crippen LogP contribution in [0.2, 0.25) is 0 Å². The minimum Gasteiger partial charge on any atom is -0.490 e. The summed E-state index contributed by atoms with van der Waals surface area (Å²) in [7, 11) is 0. The molecule has 0 radical (unpaired) electrons. The molecule has 9 heteroatoms. The van der Waals surface area contributed by atoms with E-state index in [2.05, 4.69) is 17.3 Å². The van der Waals surface area contributed by atoms with Crippen LogP contribution in [-0.4, -0.2) is 54.6 Å². The molecule has 1 saturated carbocycles. The van der Waals surface area contributed by atoms with Crippen molar-refractivity contribution in [1.29, 1.82) is 0 Å². The molecule has 1 saturated heterocycles. The summed E-state index contributed by atoms with van der Waals surface area (Å²) in [5, 5.41) is 5.23. The number of piperazine rings is 1. The van der Waals surface area contributed by atoms with Gasteiger partial charge in [0, 0.05) is 32.0 Å². The summed E-state index contributed by atoms with van der Waals surface area (Å²) in [4.78, 5) is 27.0. The molecule has 0 bridgehead atoms. The fourth-order valence-corrected chi connectivity index (χ4v) is 5.74. The number of Topliss-reactive ketones (excluding diaryl/α,β-unsaturated/α-hetero) is 1. The van der Waals surface area contributed by atoms with Crippen molar-refractivity contribution < 1.29 is 27.8 Å². The standard InChI is InChI=1S/C31H29F2N3O4/c1-2-15-39-23-11-12-27-24(16-23)29(37)25-17-31(25,40-27)30(38)35-36-14-13-34-18-26(36)28(19-3-7-21(32)8-4-19)20-5-9-22(33)10-6-20/h2-12,16,25-26,28,34H,1,13-15,17-18H2,(H,35,38).